The van der Waals surface area contributed by atoms with Gasteiger partial charge in [-0.3, -0.25) is 0 Å². The normalized spacial score (nSPS) is 19.0. The van der Waals surface area contributed by atoms with Crippen LogP contribution in [0, 0.1) is 6.92 Å². The Labute approximate surface area is 182 Å². The highest BCUT2D eigenvalue weighted by Crippen LogP contribution is 2.57. The van der Waals surface area contributed by atoms with Gasteiger partial charge < -0.3 is 14.0 Å². The molecule has 30 heavy (non-hydrogen) atoms. The number of carbonyl (C=O) groups excluding carboxylic acids is 1. The molecular weight excluding hydrogens is 396 g/mol. The van der Waals surface area contributed by atoms with Gasteiger partial charge in [-0.1, -0.05) is 37.3 Å². The molecule has 1 N–H and O–H groups in total. The molecule has 0 saturated heterocycles. The second-order valence-corrected chi connectivity index (χ2v) is 7.73. The van der Waals surface area contributed by atoms with Gasteiger partial charge in [0.2, 0.25) is 0 Å². The van der Waals surface area contributed by atoms with Crippen LogP contribution in [0.3, 0.4) is 0 Å². The molecule has 1 unspecified atom stereocenters. The number of rotatable bonds is 3. The Bertz CT molecular complexity index is 1050. The highest BCUT2D eigenvalue weighted by Gasteiger charge is 2.53. The van der Waals surface area contributed by atoms with Gasteiger partial charge in [-0.05, 0) is 57.0 Å². The maximum atomic E-state index is 12.8. The predicted octanol–water partition coefficient (Wildman–Crippen LogP) is 6.94. The van der Waals surface area contributed by atoms with Crippen LogP contribution in [0.2, 0.25) is 0 Å². The van der Waals surface area contributed by atoms with E-state index in [4.69, 9.17) is 9.47 Å². The Morgan fingerprint density at radius 1 is 1.13 bits per heavy atom. The molecule has 0 bridgehead atoms. The van der Waals surface area contributed by atoms with Gasteiger partial charge in [0.25, 0.3) is 0 Å². The molecule has 0 aliphatic carbocycles. The summed E-state index contributed by atoms with van der Waals surface area (Å²) in [7, 11) is 0. The fraction of sp³-hybridized carbons (Fsp3) is 0.240. The summed E-state index contributed by atoms with van der Waals surface area (Å²) in [6.07, 6.45) is 6.22. The number of ether oxygens (including phenoxy) is 2. The molecule has 4 nitrogen and oxygen atoms in total. The molecule has 0 fully saturated rings. The molecule has 5 heteroatoms. The second-order valence-electron chi connectivity index (χ2n) is 7.08. The fourth-order valence-electron chi connectivity index (χ4n) is 3.90. The van der Waals surface area contributed by atoms with Crippen LogP contribution in [-0.4, -0.2) is 10.5 Å². The van der Waals surface area contributed by atoms with E-state index in [1.54, 1.807) is 18.2 Å². The average molecular weight is 423 g/mol. The van der Waals surface area contributed by atoms with Crippen LogP contribution < -0.4 is 4.74 Å². The SMILES string of the molecule is C/C=C\C1=C(CC)C(=O)OC12c1ccc(C)cc1Oc1cc(SO)ccc12.C=CC. The van der Waals surface area contributed by atoms with Gasteiger partial charge in [-0.2, -0.15) is 0 Å². The van der Waals surface area contributed by atoms with Gasteiger partial charge in [0.15, 0.2) is 5.60 Å². The van der Waals surface area contributed by atoms with Crippen molar-refractivity contribution in [2.75, 3.05) is 0 Å². The number of hydrogen-bond donors (Lipinski definition) is 1. The third-order valence-corrected chi connectivity index (χ3v) is 5.52. The van der Waals surface area contributed by atoms with Crippen LogP contribution in [0.1, 0.15) is 43.9 Å². The molecule has 0 amide bonds. The first-order chi connectivity index (χ1) is 14.5. The Kier molecular flexibility index (Phi) is 6.54. The van der Waals surface area contributed by atoms with Gasteiger partial charge in [-0.25, -0.2) is 4.79 Å². The third-order valence-electron chi connectivity index (χ3n) is 5.06. The molecule has 2 aromatic carbocycles. The monoisotopic (exact) mass is 422 g/mol. The number of carbonyl (C=O) groups is 1. The quantitative estimate of drug-likeness (QED) is 0.330. The van der Waals surface area contributed by atoms with Crippen molar-refractivity contribution in [3.05, 3.63) is 89.0 Å². The van der Waals surface area contributed by atoms with Crippen molar-refractivity contribution in [2.24, 2.45) is 0 Å². The van der Waals surface area contributed by atoms with Crippen LogP contribution in [0.25, 0.3) is 0 Å². The second kappa shape index (κ2) is 8.94. The Hall–Kier alpha value is -2.76. The lowest BCUT2D eigenvalue weighted by Gasteiger charge is -2.37. The van der Waals surface area contributed by atoms with Crippen molar-refractivity contribution in [2.45, 2.75) is 44.6 Å². The summed E-state index contributed by atoms with van der Waals surface area (Å²) in [5, 5.41) is 0. The lowest BCUT2D eigenvalue weighted by atomic mass is 9.76. The van der Waals surface area contributed by atoms with E-state index in [1.807, 2.05) is 64.1 Å². The van der Waals surface area contributed by atoms with E-state index < -0.39 is 5.60 Å². The zero-order valence-electron chi connectivity index (χ0n) is 17.7. The molecule has 1 atom stereocenters. The maximum absolute atomic E-state index is 12.8. The van der Waals surface area contributed by atoms with Gasteiger partial charge in [0.1, 0.15) is 11.5 Å². The van der Waals surface area contributed by atoms with Gasteiger partial charge in [0.05, 0.1) is 0 Å². The van der Waals surface area contributed by atoms with Crippen LogP contribution in [0.15, 0.2) is 77.2 Å². The maximum Gasteiger partial charge on any atom is 0.336 e. The van der Waals surface area contributed by atoms with E-state index in [0.29, 0.717) is 40.4 Å². The summed E-state index contributed by atoms with van der Waals surface area (Å²) >= 11 is 0.660. The minimum atomic E-state index is -1.04. The minimum Gasteiger partial charge on any atom is -0.456 e. The Balaban J connectivity index is 0.000000806. The number of esters is 1. The summed E-state index contributed by atoms with van der Waals surface area (Å²) in [6, 6.07) is 11.4. The summed E-state index contributed by atoms with van der Waals surface area (Å²) in [6.45, 7) is 11.1. The summed E-state index contributed by atoms with van der Waals surface area (Å²) in [5.74, 6) is 0.944. The highest BCUT2D eigenvalue weighted by atomic mass is 32.2. The molecule has 4 rings (SSSR count). The molecule has 0 aromatic heterocycles. The van der Waals surface area contributed by atoms with Crippen LogP contribution >= 0.6 is 12.0 Å². The smallest absolute Gasteiger partial charge is 0.336 e. The lowest BCUT2D eigenvalue weighted by molar-refractivity contribution is -0.145. The van der Waals surface area contributed by atoms with Crippen molar-refractivity contribution in [1.29, 1.82) is 0 Å². The zero-order valence-corrected chi connectivity index (χ0v) is 18.5. The highest BCUT2D eigenvalue weighted by molar-refractivity contribution is 7.93. The fourth-order valence-corrected chi connectivity index (χ4v) is 4.19. The topological polar surface area (TPSA) is 55.8 Å². The minimum absolute atomic E-state index is 0.300. The van der Waals surface area contributed by atoms with E-state index >= 15 is 0 Å². The van der Waals surface area contributed by atoms with Crippen LogP contribution in [0.5, 0.6) is 11.5 Å². The first-order valence-corrected chi connectivity index (χ1v) is 10.7. The Morgan fingerprint density at radius 3 is 2.37 bits per heavy atom. The van der Waals surface area contributed by atoms with Crippen molar-refractivity contribution < 1.29 is 18.8 Å². The Morgan fingerprint density at radius 2 is 1.77 bits per heavy atom. The lowest BCUT2D eigenvalue weighted by Crippen LogP contribution is -2.33. The number of fused-ring (bicyclic) bond motifs is 4. The molecule has 2 aliphatic rings. The zero-order chi connectivity index (χ0) is 21.9. The van der Waals surface area contributed by atoms with Crippen LogP contribution in [-0.2, 0) is 15.1 Å². The molecule has 2 aromatic rings. The molecule has 0 saturated carbocycles. The standard InChI is InChI=1S/C22H20O4S.C3H6/c1-4-6-16-15(5-2)21(23)26-22(16)17-9-7-13(3)11-19(17)25-20-12-14(27-24)8-10-18(20)22;1-3-2/h4,6-12,24H,5H2,1-3H3;3H,1H2,2H3/b6-4-;. The van der Waals surface area contributed by atoms with Gasteiger partial charge in [-0.15, -0.1) is 6.58 Å². The molecular formula is C25H26O4S. The largest absolute Gasteiger partial charge is 0.456 e. The first-order valence-electron chi connectivity index (χ1n) is 9.88. The van der Waals surface area contributed by atoms with Crippen molar-refractivity contribution in [1.82, 2.24) is 0 Å². The van der Waals surface area contributed by atoms with E-state index in [-0.39, 0.29) is 5.97 Å². The van der Waals surface area contributed by atoms with E-state index in [9.17, 15) is 9.35 Å². The van der Waals surface area contributed by atoms with Crippen LogP contribution in [0.4, 0.5) is 0 Å². The van der Waals surface area contributed by atoms with Crippen molar-refractivity contribution in [3.63, 3.8) is 0 Å². The van der Waals surface area contributed by atoms with Crippen molar-refractivity contribution >= 4 is 18.0 Å². The number of allylic oxidation sites excluding steroid dienone is 2. The van der Waals surface area contributed by atoms with E-state index in [1.165, 1.54) is 0 Å². The van der Waals surface area contributed by atoms with Crippen molar-refractivity contribution in [3.8, 4) is 11.5 Å². The molecule has 0 radical (unpaired) electrons. The van der Waals surface area contributed by atoms with E-state index in [2.05, 4.69) is 6.58 Å². The molecule has 2 heterocycles. The molecule has 1 spiro atoms. The average Bonchev–Trinajstić information content (AvgIpc) is 3.00. The number of hydrogen-bond acceptors (Lipinski definition) is 5. The third kappa shape index (κ3) is 3.48. The summed E-state index contributed by atoms with van der Waals surface area (Å²) in [4.78, 5) is 13.4. The molecule has 2 aliphatic heterocycles. The first kappa shape index (κ1) is 21.9. The predicted molar refractivity (Wildman–Crippen MR) is 121 cm³/mol. The number of benzene rings is 2. The molecule has 156 valence electrons. The van der Waals surface area contributed by atoms with Gasteiger partial charge in [0, 0.05) is 39.2 Å². The van der Waals surface area contributed by atoms with E-state index in [0.717, 1.165) is 22.3 Å². The van der Waals surface area contributed by atoms with Gasteiger partial charge >= 0.3 is 5.97 Å². The number of aryl methyl sites for hydroxylation is 1. The summed E-state index contributed by atoms with van der Waals surface area (Å²) < 4.78 is 21.7. The summed E-state index contributed by atoms with van der Waals surface area (Å²) in [5.41, 5.74) is 3.11.